The Morgan fingerprint density at radius 1 is 1.31 bits per heavy atom. The van der Waals surface area contributed by atoms with E-state index in [0.29, 0.717) is 5.69 Å². The van der Waals surface area contributed by atoms with Crippen molar-refractivity contribution in [1.82, 2.24) is 0 Å². The van der Waals surface area contributed by atoms with Crippen molar-refractivity contribution in [2.24, 2.45) is 0 Å². The molecular formula is C10H9BrNO3S-. The molecule has 86 valence electrons. The van der Waals surface area contributed by atoms with Crippen molar-refractivity contribution in [2.45, 2.75) is 0 Å². The second-order valence-electron chi connectivity index (χ2n) is 2.89. The molecule has 0 aliphatic rings. The summed E-state index contributed by atoms with van der Waals surface area (Å²) in [5, 5.41) is 12.8. The van der Waals surface area contributed by atoms with Crippen molar-refractivity contribution in [1.29, 1.82) is 0 Å². The minimum absolute atomic E-state index is 0.0926. The van der Waals surface area contributed by atoms with Crippen LogP contribution in [0.15, 0.2) is 28.7 Å². The summed E-state index contributed by atoms with van der Waals surface area (Å²) in [5.41, 5.74) is 0.668. The number of rotatable bonds is 5. The third kappa shape index (κ3) is 4.67. The maximum Gasteiger partial charge on any atom is 0.234 e. The van der Waals surface area contributed by atoms with Crippen LogP contribution in [0.2, 0.25) is 0 Å². The number of halogens is 1. The zero-order chi connectivity index (χ0) is 12.0. The number of carboxylic acids is 1. The number of benzene rings is 1. The molecule has 16 heavy (non-hydrogen) atoms. The Kier molecular flexibility index (Phi) is 5.34. The SMILES string of the molecule is O=C([O-])CSCC(=O)Nc1ccccc1Br. The van der Waals surface area contributed by atoms with Gasteiger partial charge in [0.05, 0.1) is 17.4 Å². The molecule has 0 aliphatic heterocycles. The minimum Gasteiger partial charge on any atom is -0.549 e. The van der Waals surface area contributed by atoms with Crippen LogP contribution in [0.4, 0.5) is 5.69 Å². The third-order valence-corrected chi connectivity index (χ3v) is 3.20. The number of thioether (sulfide) groups is 1. The molecule has 0 bridgehead atoms. The largest absolute Gasteiger partial charge is 0.549 e. The Hall–Kier alpha value is -1.01. The highest BCUT2D eigenvalue weighted by Gasteiger charge is 2.04. The van der Waals surface area contributed by atoms with Crippen molar-refractivity contribution in [3.63, 3.8) is 0 Å². The number of carboxylic acid groups (broad SMARTS) is 1. The van der Waals surface area contributed by atoms with E-state index < -0.39 is 5.97 Å². The average Bonchev–Trinajstić information content (AvgIpc) is 2.21. The maximum absolute atomic E-state index is 11.4. The first-order chi connectivity index (χ1) is 7.59. The normalized spacial score (nSPS) is 9.81. The first-order valence-electron chi connectivity index (χ1n) is 4.41. The number of hydrogen-bond acceptors (Lipinski definition) is 4. The molecule has 0 aromatic heterocycles. The molecule has 1 aromatic carbocycles. The van der Waals surface area contributed by atoms with Crippen LogP contribution in [0.1, 0.15) is 0 Å². The third-order valence-electron chi connectivity index (χ3n) is 1.60. The van der Waals surface area contributed by atoms with E-state index in [1.807, 2.05) is 12.1 Å². The van der Waals surface area contributed by atoms with Gasteiger partial charge in [-0.2, -0.15) is 0 Å². The minimum atomic E-state index is -1.17. The molecule has 0 saturated carbocycles. The van der Waals surface area contributed by atoms with Crippen molar-refractivity contribution >= 4 is 45.3 Å². The molecule has 0 spiro atoms. The summed E-state index contributed by atoms with van der Waals surface area (Å²) in [6, 6.07) is 7.20. The van der Waals surface area contributed by atoms with E-state index in [0.717, 1.165) is 16.2 Å². The molecule has 1 rings (SSSR count). The van der Waals surface area contributed by atoms with E-state index in [4.69, 9.17) is 0 Å². The molecule has 0 saturated heterocycles. The van der Waals surface area contributed by atoms with Crippen LogP contribution >= 0.6 is 27.7 Å². The Morgan fingerprint density at radius 2 is 2.00 bits per heavy atom. The second kappa shape index (κ2) is 6.55. The Morgan fingerprint density at radius 3 is 2.62 bits per heavy atom. The van der Waals surface area contributed by atoms with Crippen LogP contribution in [-0.2, 0) is 9.59 Å². The highest BCUT2D eigenvalue weighted by atomic mass is 79.9. The summed E-state index contributed by atoms with van der Waals surface area (Å²) in [6.07, 6.45) is 0. The van der Waals surface area contributed by atoms with E-state index in [1.54, 1.807) is 12.1 Å². The van der Waals surface area contributed by atoms with Gasteiger partial charge in [0.2, 0.25) is 5.91 Å². The van der Waals surface area contributed by atoms with Crippen LogP contribution in [0.5, 0.6) is 0 Å². The van der Waals surface area contributed by atoms with E-state index in [9.17, 15) is 14.7 Å². The molecule has 0 heterocycles. The molecule has 6 heteroatoms. The van der Waals surface area contributed by atoms with Crippen LogP contribution < -0.4 is 10.4 Å². The van der Waals surface area contributed by atoms with Gasteiger partial charge in [0, 0.05) is 10.2 Å². The molecule has 1 amide bonds. The predicted octanol–water partition coefficient (Wildman–Crippen LogP) is 0.871. The number of anilines is 1. The van der Waals surface area contributed by atoms with Gasteiger partial charge < -0.3 is 15.2 Å². The Bertz CT molecular complexity index is 397. The second-order valence-corrected chi connectivity index (χ2v) is 4.73. The van der Waals surface area contributed by atoms with Crippen LogP contribution in [0.3, 0.4) is 0 Å². The van der Waals surface area contributed by atoms with Gasteiger partial charge in [-0.3, -0.25) is 4.79 Å². The number of nitrogens with one attached hydrogen (secondary N) is 1. The fraction of sp³-hybridized carbons (Fsp3) is 0.200. The molecular weight excluding hydrogens is 294 g/mol. The first kappa shape index (κ1) is 13.1. The zero-order valence-electron chi connectivity index (χ0n) is 8.23. The number of carbonyl (C=O) groups excluding carboxylic acids is 2. The Labute approximate surface area is 106 Å². The number of para-hydroxylation sites is 1. The van der Waals surface area contributed by atoms with E-state index in [2.05, 4.69) is 21.2 Å². The lowest BCUT2D eigenvalue weighted by molar-refractivity contribution is -0.301. The molecule has 0 radical (unpaired) electrons. The summed E-state index contributed by atoms with van der Waals surface area (Å²) in [6.45, 7) is 0. The van der Waals surface area contributed by atoms with Crippen molar-refractivity contribution < 1.29 is 14.7 Å². The maximum atomic E-state index is 11.4. The number of hydrogen-bond donors (Lipinski definition) is 1. The van der Waals surface area contributed by atoms with Crippen LogP contribution in [0, 0.1) is 0 Å². The number of aliphatic carboxylic acids is 1. The Balaban J connectivity index is 2.40. The first-order valence-corrected chi connectivity index (χ1v) is 6.36. The highest BCUT2D eigenvalue weighted by molar-refractivity contribution is 9.10. The van der Waals surface area contributed by atoms with E-state index >= 15 is 0 Å². The molecule has 4 nitrogen and oxygen atoms in total. The fourth-order valence-corrected chi connectivity index (χ4v) is 1.89. The van der Waals surface area contributed by atoms with Gasteiger partial charge in [0.1, 0.15) is 0 Å². The molecule has 0 atom stereocenters. The molecule has 0 unspecified atom stereocenters. The monoisotopic (exact) mass is 302 g/mol. The lowest BCUT2D eigenvalue weighted by Gasteiger charge is -2.07. The lowest BCUT2D eigenvalue weighted by Crippen LogP contribution is -2.25. The van der Waals surface area contributed by atoms with E-state index in [1.165, 1.54) is 0 Å². The van der Waals surface area contributed by atoms with Gasteiger partial charge in [0.15, 0.2) is 0 Å². The molecule has 0 fully saturated rings. The van der Waals surface area contributed by atoms with Gasteiger partial charge in [0.25, 0.3) is 0 Å². The van der Waals surface area contributed by atoms with Gasteiger partial charge in [-0.25, -0.2) is 0 Å². The average molecular weight is 303 g/mol. The van der Waals surface area contributed by atoms with Crippen LogP contribution in [-0.4, -0.2) is 23.4 Å². The van der Waals surface area contributed by atoms with E-state index in [-0.39, 0.29) is 17.4 Å². The van der Waals surface area contributed by atoms with Crippen molar-refractivity contribution in [2.75, 3.05) is 16.8 Å². The quantitative estimate of drug-likeness (QED) is 0.876. The summed E-state index contributed by atoms with van der Waals surface area (Å²) >= 11 is 4.30. The van der Waals surface area contributed by atoms with Gasteiger partial charge >= 0.3 is 0 Å². The lowest BCUT2D eigenvalue weighted by atomic mass is 10.3. The number of amides is 1. The molecule has 1 aromatic rings. The zero-order valence-corrected chi connectivity index (χ0v) is 10.6. The van der Waals surface area contributed by atoms with Crippen molar-refractivity contribution in [3.8, 4) is 0 Å². The number of carbonyl (C=O) groups is 2. The van der Waals surface area contributed by atoms with Crippen LogP contribution in [0.25, 0.3) is 0 Å². The van der Waals surface area contributed by atoms with Gasteiger partial charge in [-0.1, -0.05) is 12.1 Å². The van der Waals surface area contributed by atoms with Gasteiger partial charge in [-0.05, 0) is 28.1 Å². The van der Waals surface area contributed by atoms with Gasteiger partial charge in [-0.15, -0.1) is 11.8 Å². The summed E-state index contributed by atoms with van der Waals surface area (Å²) < 4.78 is 0.785. The predicted molar refractivity (Wildman–Crippen MR) is 65.1 cm³/mol. The summed E-state index contributed by atoms with van der Waals surface area (Å²) in [5.74, 6) is -1.49. The summed E-state index contributed by atoms with van der Waals surface area (Å²) in [7, 11) is 0. The van der Waals surface area contributed by atoms with Crippen molar-refractivity contribution in [3.05, 3.63) is 28.7 Å². The topological polar surface area (TPSA) is 69.2 Å². The summed E-state index contributed by atoms with van der Waals surface area (Å²) in [4.78, 5) is 21.5. The molecule has 1 N–H and O–H groups in total. The highest BCUT2D eigenvalue weighted by Crippen LogP contribution is 2.21. The smallest absolute Gasteiger partial charge is 0.234 e. The molecule has 0 aliphatic carbocycles. The fourth-order valence-electron chi connectivity index (χ4n) is 0.976. The standard InChI is InChI=1S/C10H10BrNO3S/c11-7-3-1-2-4-8(7)12-9(13)5-16-6-10(14)15/h1-4H,5-6H2,(H,12,13)(H,14,15)/p-1.